The maximum Gasteiger partial charge on any atom is 0.221 e. The van der Waals surface area contributed by atoms with E-state index in [2.05, 4.69) is 28.2 Å². The highest BCUT2D eigenvalue weighted by atomic mass is 16.5. The largest absolute Gasteiger partial charge is 0.504 e. The summed E-state index contributed by atoms with van der Waals surface area (Å²) in [6.07, 6.45) is 5.72. The molecule has 0 unspecified atom stereocenters. The second-order valence-corrected chi connectivity index (χ2v) is 12.8. The first kappa shape index (κ1) is 23.3. The number of phenolic OH excluding ortho intramolecular Hbond substituents is 1. The number of amides is 1. The molecule has 5 fully saturated rings. The summed E-state index contributed by atoms with van der Waals surface area (Å²) in [5.41, 5.74) is 1.67. The molecule has 3 N–H and O–H groups in total. The lowest BCUT2D eigenvalue weighted by Crippen LogP contribution is -2.91. The van der Waals surface area contributed by atoms with E-state index >= 15 is 0 Å². The topological polar surface area (TPSA) is 85.3 Å². The minimum Gasteiger partial charge on any atom is -0.504 e. The van der Waals surface area contributed by atoms with Crippen molar-refractivity contribution in [2.24, 2.45) is 5.92 Å². The molecule has 7 nitrogen and oxygen atoms in total. The summed E-state index contributed by atoms with van der Waals surface area (Å²) in [6, 6.07) is 13.7. The van der Waals surface area contributed by atoms with Gasteiger partial charge in [-0.2, -0.15) is 0 Å². The molecular weight excluding hydrogens is 478 g/mol. The van der Waals surface area contributed by atoms with E-state index in [0.29, 0.717) is 24.8 Å². The van der Waals surface area contributed by atoms with Gasteiger partial charge in [-0.05, 0) is 75.2 Å². The van der Waals surface area contributed by atoms with Crippen LogP contribution in [0.4, 0.5) is 0 Å². The van der Waals surface area contributed by atoms with Gasteiger partial charge in [0.1, 0.15) is 11.7 Å². The number of rotatable bonds is 6. The average Bonchev–Trinajstić information content (AvgIpc) is 3.66. The van der Waals surface area contributed by atoms with Gasteiger partial charge in [0, 0.05) is 31.1 Å². The normalized spacial score (nSPS) is 38.5. The monoisotopic (exact) mass is 515 g/mol. The number of fused-ring (bicyclic) bond motifs is 2. The number of likely N-dealkylation sites (N-methyl/N-ethyl adjacent to an activating group) is 1. The van der Waals surface area contributed by atoms with Gasteiger partial charge in [0.2, 0.25) is 5.91 Å². The van der Waals surface area contributed by atoms with E-state index in [9.17, 15) is 15.0 Å². The number of aromatic hydroxyl groups is 1. The average molecular weight is 516 g/mol. The molecule has 7 heteroatoms. The molecule has 0 aromatic heterocycles. The highest BCUT2D eigenvalue weighted by Crippen LogP contribution is 2.72. The summed E-state index contributed by atoms with van der Waals surface area (Å²) in [5.74, 6) is 1.49. The number of piperidine rings is 3. The first-order valence-corrected chi connectivity index (χ1v) is 14.4. The SMILES string of the molecule is CN1[C@H](CC(=O)NCc2ccccc2)[C@]2(O)CC[C@]13[C@H]1Cc4ccc(O)c5c4[C@@]3(CCN1CC1CC1)[C@H]2O5. The molecule has 0 radical (unpaired) electrons. The van der Waals surface area contributed by atoms with Crippen LogP contribution in [0.5, 0.6) is 11.5 Å². The molecule has 6 atom stereocenters. The fourth-order valence-electron chi connectivity index (χ4n) is 9.57. The third kappa shape index (κ3) is 2.77. The third-order valence-electron chi connectivity index (χ3n) is 11.3. The molecule has 38 heavy (non-hydrogen) atoms. The van der Waals surface area contributed by atoms with Crippen LogP contribution in [0.1, 0.15) is 55.2 Å². The number of carbonyl (C=O) groups excluding carboxylic acids is 1. The summed E-state index contributed by atoms with van der Waals surface area (Å²) in [7, 11) is 2.15. The predicted octanol–water partition coefficient (Wildman–Crippen LogP) is 2.72. The minimum absolute atomic E-state index is 0.0491. The van der Waals surface area contributed by atoms with Crippen molar-refractivity contribution in [3.8, 4) is 11.5 Å². The van der Waals surface area contributed by atoms with Crippen molar-refractivity contribution >= 4 is 5.91 Å². The second kappa shape index (κ2) is 7.74. The van der Waals surface area contributed by atoms with Crippen LogP contribution in [0.25, 0.3) is 0 Å². The number of benzene rings is 2. The number of phenols is 1. The van der Waals surface area contributed by atoms with Crippen LogP contribution in [0, 0.1) is 5.92 Å². The molecule has 3 saturated heterocycles. The van der Waals surface area contributed by atoms with Gasteiger partial charge in [0.15, 0.2) is 11.5 Å². The number of hydrogen-bond donors (Lipinski definition) is 3. The quantitative estimate of drug-likeness (QED) is 0.549. The van der Waals surface area contributed by atoms with Crippen LogP contribution in [-0.4, -0.2) is 75.4 Å². The van der Waals surface area contributed by atoms with Crippen molar-refractivity contribution in [1.29, 1.82) is 0 Å². The molecule has 2 spiro atoms. The van der Waals surface area contributed by atoms with Crippen LogP contribution in [0.15, 0.2) is 42.5 Å². The van der Waals surface area contributed by atoms with Gasteiger partial charge in [-0.15, -0.1) is 0 Å². The molecule has 2 aromatic carbocycles. The number of nitrogens with zero attached hydrogens (tertiary/aromatic N) is 2. The lowest BCUT2D eigenvalue weighted by molar-refractivity contribution is -0.286. The van der Waals surface area contributed by atoms with E-state index in [1.54, 1.807) is 6.07 Å². The molecule has 2 saturated carbocycles. The third-order valence-corrected chi connectivity index (χ3v) is 11.3. The zero-order valence-electron chi connectivity index (χ0n) is 22.0. The van der Waals surface area contributed by atoms with Gasteiger partial charge >= 0.3 is 0 Å². The molecule has 3 aliphatic carbocycles. The fourth-order valence-corrected chi connectivity index (χ4v) is 9.57. The molecule has 9 rings (SSSR count). The molecule has 4 heterocycles. The number of nitrogens with one attached hydrogen (secondary N) is 1. The number of hydrogen-bond acceptors (Lipinski definition) is 6. The van der Waals surface area contributed by atoms with Gasteiger partial charge in [0.05, 0.1) is 17.0 Å². The highest BCUT2D eigenvalue weighted by molar-refractivity contribution is 5.77. The Morgan fingerprint density at radius 2 is 1.95 bits per heavy atom. The first-order valence-electron chi connectivity index (χ1n) is 14.4. The van der Waals surface area contributed by atoms with Crippen LogP contribution in [0.3, 0.4) is 0 Å². The van der Waals surface area contributed by atoms with Crippen molar-refractivity contribution in [3.05, 3.63) is 59.2 Å². The molecule has 4 aliphatic heterocycles. The molecule has 2 aromatic rings. The Balaban J connectivity index is 1.20. The minimum atomic E-state index is -1.18. The van der Waals surface area contributed by atoms with E-state index in [1.807, 2.05) is 30.3 Å². The summed E-state index contributed by atoms with van der Waals surface area (Å²) in [4.78, 5) is 18.5. The predicted molar refractivity (Wildman–Crippen MR) is 142 cm³/mol. The molecule has 200 valence electrons. The van der Waals surface area contributed by atoms with Gasteiger partial charge in [-0.1, -0.05) is 36.4 Å². The number of carbonyl (C=O) groups is 1. The summed E-state index contributed by atoms with van der Waals surface area (Å²) in [6.45, 7) is 2.60. The van der Waals surface area contributed by atoms with Crippen LogP contribution in [-0.2, 0) is 23.2 Å². The summed E-state index contributed by atoms with van der Waals surface area (Å²) in [5, 5.41) is 26.5. The Labute approximate surface area is 223 Å². The van der Waals surface area contributed by atoms with Crippen molar-refractivity contribution in [2.75, 3.05) is 20.1 Å². The zero-order chi connectivity index (χ0) is 25.9. The second-order valence-electron chi connectivity index (χ2n) is 12.8. The number of likely N-dealkylation sites (tertiary alicyclic amines) is 1. The van der Waals surface area contributed by atoms with Gasteiger partial charge in [-0.25, -0.2) is 0 Å². The van der Waals surface area contributed by atoms with Gasteiger partial charge in [-0.3, -0.25) is 14.6 Å². The van der Waals surface area contributed by atoms with Crippen molar-refractivity contribution < 1.29 is 19.7 Å². The summed E-state index contributed by atoms with van der Waals surface area (Å²) < 4.78 is 6.68. The Bertz CT molecular complexity index is 1310. The molecular formula is C31H37N3O4. The standard InChI is InChI=1S/C31H37N3O4/c1-33-23(16-25(36)32-17-19-5-3-2-4-6-19)30(37)11-12-31(33)24-15-21-9-10-22(35)27-26(21)29(31,28(30)38-27)13-14-34(24)18-20-7-8-20/h2-6,9-10,20,23-24,28,35,37H,7-8,11-18H2,1H3,(H,32,36)/t23-,24-,28-,29+,30-,31-/m1/s1. The molecule has 4 bridgehead atoms. The number of ether oxygens (including phenoxy) is 1. The van der Waals surface area contributed by atoms with Crippen molar-refractivity contribution in [1.82, 2.24) is 15.1 Å². The van der Waals surface area contributed by atoms with E-state index in [1.165, 1.54) is 18.4 Å². The molecule has 1 amide bonds. The van der Waals surface area contributed by atoms with E-state index in [0.717, 1.165) is 49.4 Å². The van der Waals surface area contributed by atoms with Gasteiger partial charge < -0.3 is 20.3 Å². The zero-order valence-corrected chi connectivity index (χ0v) is 22.0. The lowest BCUT2D eigenvalue weighted by Gasteiger charge is -2.76. The maximum atomic E-state index is 13.3. The Morgan fingerprint density at radius 1 is 1.13 bits per heavy atom. The Hall–Kier alpha value is -2.61. The van der Waals surface area contributed by atoms with Crippen LogP contribution < -0.4 is 10.1 Å². The molecule has 7 aliphatic rings. The van der Waals surface area contributed by atoms with Crippen LogP contribution in [0.2, 0.25) is 0 Å². The lowest BCUT2D eigenvalue weighted by atomic mass is 9.41. The fraction of sp³-hybridized carbons (Fsp3) is 0.581. The van der Waals surface area contributed by atoms with E-state index in [4.69, 9.17) is 4.74 Å². The van der Waals surface area contributed by atoms with Gasteiger partial charge in [0.25, 0.3) is 0 Å². The number of aliphatic hydroxyl groups is 1. The van der Waals surface area contributed by atoms with E-state index < -0.39 is 11.7 Å². The Kier molecular flexibility index (Phi) is 4.74. The maximum absolute atomic E-state index is 13.3. The smallest absolute Gasteiger partial charge is 0.221 e. The highest BCUT2D eigenvalue weighted by Gasteiger charge is 2.82. The first-order chi connectivity index (χ1) is 18.4. The summed E-state index contributed by atoms with van der Waals surface area (Å²) >= 11 is 0. The van der Waals surface area contributed by atoms with Crippen molar-refractivity contribution in [2.45, 2.75) is 86.2 Å². The van der Waals surface area contributed by atoms with Crippen LogP contribution >= 0.6 is 0 Å². The Morgan fingerprint density at radius 3 is 2.74 bits per heavy atom. The van der Waals surface area contributed by atoms with Crippen molar-refractivity contribution in [3.63, 3.8) is 0 Å². The van der Waals surface area contributed by atoms with E-state index in [-0.39, 0.29) is 35.1 Å².